The monoisotopic (exact) mass is 276 g/mol. The molecule has 2 atom stereocenters. The Morgan fingerprint density at radius 3 is 1.80 bits per heavy atom. The minimum absolute atomic E-state index is 0.480. The van der Waals surface area contributed by atoms with Crippen LogP contribution in [0.25, 0.3) is 0 Å². The van der Waals surface area contributed by atoms with E-state index in [1.54, 1.807) is 0 Å². The highest BCUT2D eigenvalue weighted by molar-refractivity contribution is 8.67. The Hall–Kier alpha value is 0.200. The second-order valence-electron chi connectivity index (χ2n) is 2.30. The molecular weight excluding hydrogens is 270 g/mol. The summed E-state index contributed by atoms with van der Waals surface area (Å²) >= 11 is 0. The van der Waals surface area contributed by atoms with Crippen molar-refractivity contribution in [2.24, 2.45) is 0 Å². The molecule has 0 aromatic heterocycles. The molecule has 0 bridgehead atoms. The highest BCUT2D eigenvalue weighted by Crippen LogP contribution is 2.42. The molecule has 0 fully saturated rings. The van der Waals surface area contributed by atoms with E-state index in [0.717, 1.165) is 0 Å². The second kappa shape index (κ2) is 5.51. The topological polar surface area (TPSA) is 46.1 Å². The first-order valence-corrected chi connectivity index (χ1v) is 6.44. The number of halogens is 6. The number of rotatable bonds is 5. The smallest absolute Gasteiger partial charge is 0.552 e. The molecular formula is C5H6F6O2S2. The summed E-state index contributed by atoms with van der Waals surface area (Å²) in [7, 11) is -6.82. The normalized spacial score (nSPS) is 17.6. The average Bonchev–Trinajstić information content (AvgIpc) is 2.10. The summed E-state index contributed by atoms with van der Waals surface area (Å²) in [5, 5.41) is -5.53. The highest BCUT2D eigenvalue weighted by Gasteiger charge is 2.73. The van der Waals surface area contributed by atoms with Gasteiger partial charge in [0, 0.05) is 6.42 Å². The van der Waals surface area contributed by atoms with Gasteiger partial charge in [-0.2, -0.15) is 13.2 Å². The first-order chi connectivity index (χ1) is 6.64. The molecule has 2 unspecified atom stereocenters. The third-order valence-electron chi connectivity index (χ3n) is 1.15. The maximum absolute atomic E-state index is 12.3. The average molecular weight is 276 g/mol. The van der Waals surface area contributed by atoms with Crippen LogP contribution < -0.4 is 0 Å². The molecule has 0 spiro atoms. The van der Waals surface area contributed by atoms with Crippen LogP contribution in [0.2, 0.25) is 0 Å². The molecule has 0 aromatic carbocycles. The van der Waals surface area contributed by atoms with E-state index in [1.807, 2.05) is 0 Å². The summed E-state index contributed by atoms with van der Waals surface area (Å²) in [5.41, 5.74) is 0. The first-order valence-electron chi connectivity index (χ1n) is 3.45. The van der Waals surface area contributed by atoms with Gasteiger partial charge in [0.05, 0.1) is 6.67 Å². The van der Waals surface area contributed by atoms with Gasteiger partial charge in [0.1, 0.15) is 0 Å². The van der Waals surface area contributed by atoms with Crippen molar-refractivity contribution in [1.82, 2.24) is 0 Å². The van der Waals surface area contributed by atoms with Crippen LogP contribution in [-0.4, -0.2) is 33.0 Å². The van der Waals surface area contributed by atoms with E-state index in [-0.39, 0.29) is 0 Å². The first kappa shape index (κ1) is 15.2. The summed E-state index contributed by atoms with van der Waals surface area (Å²) in [5.74, 6) is -0.797. The summed E-state index contributed by atoms with van der Waals surface area (Å²) in [6, 6.07) is 0. The molecule has 0 amide bonds. The zero-order chi connectivity index (χ0) is 12.3. The molecule has 0 N–H and O–H groups in total. The minimum atomic E-state index is -6.02. The third kappa shape index (κ3) is 3.93. The lowest BCUT2D eigenvalue weighted by molar-refractivity contribution is -0.240. The quantitative estimate of drug-likeness (QED) is 0.437. The van der Waals surface area contributed by atoms with Crippen LogP contribution >= 0.6 is 0 Å². The van der Waals surface area contributed by atoms with Crippen molar-refractivity contribution in [3.63, 3.8) is 0 Å². The molecule has 2 nitrogen and oxygen atoms in total. The third-order valence-corrected chi connectivity index (χ3v) is 4.90. The van der Waals surface area contributed by atoms with Crippen molar-refractivity contribution in [2.45, 2.75) is 17.9 Å². The Labute approximate surface area is 86.8 Å². The van der Waals surface area contributed by atoms with E-state index in [0.29, 0.717) is 0 Å². The van der Waals surface area contributed by atoms with Crippen molar-refractivity contribution in [1.29, 1.82) is 0 Å². The van der Waals surface area contributed by atoms with E-state index in [4.69, 9.17) is 0 Å². The van der Waals surface area contributed by atoms with Crippen molar-refractivity contribution in [3.05, 3.63) is 0 Å². The molecule has 0 aromatic rings. The van der Waals surface area contributed by atoms with Crippen LogP contribution in [0.5, 0.6) is 0 Å². The molecule has 0 rings (SSSR count). The van der Waals surface area contributed by atoms with Crippen LogP contribution in [0.1, 0.15) is 6.42 Å². The highest BCUT2D eigenvalue weighted by atomic mass is 33.2. The minimum Gasteiger partial charge on any atom is -0.571 e. The number of hydrogen-bond acceptors (Lipinski definition) is 2. The van der Waals surface area contributed by atoms with E-state index < -0.39 is 50.7 Å². The maximum Gasteiger partial charge on any atom is 0.552 e. The molecule has 0 saturated heterocycles. The summed E-state index contributed by atoms with van der Waals surface area (Å²) in [6.07, 6.45) is -6.50. The maximum atomic E-state index is 12.3. The second-order valence-corrected chi connectivity index (χ2v) is 6.32. The largest absolute Gasteiger partial charge is 0.571 e. The summed E-state index contributed by atoms with van der Waals surface area (Å²) in [4.78, 5) is 0. The molecule has 10 heteroatoms. The molecule has 92 valence electrons. The summed E-state index contributed by atoms with van der Waals surface area (Å²) in [6.45, 7) is -1.03. The molecule has 0 heterocycles. The molecule has 0 radical (unpaired) electrons. The van der Waals surface area contributed by atoms with Gasteiger partial charge in [0.15, 0.2) is 16.0 Å². The number of hydrogen-bond donors (Lipinski definition) is 0. The van der Waals surface area contributed by atoms with Crippen LogP contribution in [0.4, 0.5) is 26.3 Å². The Kier molecular flexibility index (Phi) is 5.58. The van der Waals surface area contributed by atoms with Gasteiger partial charge in [-0.1, -0.05) is 0 Å². The summed E-state index contributed by atoms with van der Waals surface area (Å²) < 4.78 is 92.1. The van der Waals surface area contributed by atoms with Crippen LogP contribution in [-0.2, 0) is 20.4 Å². The van der Waals surface area contributed by atoms with Gasteiger partial charge in [0.25, 0.3) is 10.2 Å². The molecule has 15 heavy (non-hydrogen) atoms. The van der Waals surface area contributed by atoms with Crippen LogP contribution in [0.3, 0.4) is 0 Å². The molecule has 0 saturated carbocycles. The predicted molar refractivity (Wildman–Crippen MR) is 42.7 cm³/mol. The van der Waals surface area contributed by atoms with Gasteiger partial charge in [-0.15, -0.1) is 8.78 Å². The molecule has 0 aliphatic rings. The van der Waals surface area contributed by atoms with Gasteiger partial charge in [-0.3, -0.25) is 4.39 Å². The lowest BCUT2D eigenvalue weighted by atomic mass is 10.6. The Bertz CT molecular complexity index is 198. The van der Waals surface area contributed by atoms with Crippen molar-refractivity contribution in [3.8, 4) is 0 Å². The van der Waals surface area contributed by atoms with Gasteiger partial charge in [0.2, 0.25) is 0 Å². The standard InChI is InChI=1S/C5H6F6O2S2/c6-2-1-3-14(12)15(13)5(10,11)4(7,8)9/h1-3H2. The van der Waals surface area contributed by atoms with Gasteiger partial charge in [-0.25, -0.2) is 0 Å². The fourth-order valence-corrected chi connectivity index (χ4v) is 3.17. The van der Waals surface area contributed by atoms with E-state index >= 15 is 0 Å². The molecule has 0 aliphatic carbocycles. The van der Waals surface area contributed by atoms with Crippen molar-refractivity contribution >= 4 is 20.4 Å². The Morgan fingerprint density at radius 2 is 1.47 bits per heavy atom. The lowest BCUT2D eigenvalue weighted by Crippen LogP contribution is -2.47. The van der Waals surface area contributed by atoms with Gasteiger partial charge < -0.3 is 9.11 Å². The zero-order valence-electron chi connectivity index (χ0n) is 7.02. The van der Waals surface area contributed by atoms with Crippen molar-refractivity contribution < 1.29 is 35.4 Å². The zero-order valence-corrected chi connectivity index (χ0v) is 8.66. The number of alkyl halides is 6. The fraction of sp³-hybridized carbons (Fsp3) is 1.00. The van der Waals surface area contributed by atoms with Crippen molar-refractivity contribution in [2.75, 3.05) is 12.4 Å². The van der Waals surface area contributed by atoms with Crippen LogP contribution in [0, 0.1) is 0 Å². The van der Waals surface area contributed by atoms with E-state index in [9.17, 15) is 35.4 Å². The Morgan fingerprint density at radius 1 is 1.00 bits per heavy atom. The van der Waals surface area contributed by atoms with Gasteiger partial charge in [-0.05, 0) is 0 Å². The van der Waals surface area contributed by atoms with Crippen LogP contribution in [0.15, 0.2) is 0 Å². The molecule has 0 aliphatic heterocycles. The predicted octanol–water partition coefficient (Wildman–Crippen LogP) is 1.91. The SMILES string of the molecule is [O-][S+](CCCF)[S+]([O-])C(F)(F)C(F)(F)F. The Balaban J connectivity index is 4.48. The van der Waals surface area contributed by atoms with E-state index in [1.165, 1.54) is 0 Å². The fourth-order valence-electron chi connectivity index (χ4n) is 0.459. The van der Waals surface area contributed by atoms with Gasteiger partial charge >= 0.3 is 11.4 Å². The lowest BCUT2D eigenvalue weighted by Gasteiger charge is -2.20. The van der Waals surface area contributed by atoms with E-state index in [2.05, 4.69) is 0 Å².